The van der Waals surface area contributed by atoms with Gasteiger partial charge in [0, 0.05) is 6.04 Å². The molecule has 1 aromatic rings. The van der Waals surface area contributed by atoms with Crippen molar-refractivity contribution < 1.29 is 4.39 Å². The Morgan fingerprint density at radius 2 is 2.21 bits per heavy atom. The van der Waals surface area contributed by atoms with Crippen LogP contribution in [0.4, 0.5) is 4.39 Å². The number of hydrogen-bond acceptors (Lipinski definition) is 1. The normalized spacial score (nSPS) is 27.6. The van der Waals surface area contributed by atoms with E-state index in [1.54, 1.807) is 12.1 Å². The van der Waals surface area contributed by atoms with E-state index in [0.717, 1.165) is 24.4 Å². The van der Waals surface area contributed by atoms with E-state index in [-0.39, 0.29) is 5.82 Å². The minimum atomic E-state index is -0.136. The summed E-state index contributed by atoms with van der Waals surface area (Å²) < 4.78 is 13.0. The van der Waals surface area contributed by atoms with Crippen LogP contribution in [0.1, 0.15) is 31.4 Å². The summed E-state index contributed by atoms with van der Waals surface area (Å²) in [4.78, 5) is 0. The number of benzene rings is 1. The zero-order valence-corrected chi connectivity index (χ0v) is 8.46. The Bertz CT molecular complexity index is 303. The van der Waals surface area contributed by atoms with Crippen molar-refractivity contribution in [2.24, 2.45) is 5.92 Å². The van der Waals surface area contributed by atoms with Gasteiger partial charge in [-0.05, 0) is 43.0 Å². The van der Waals surface area contributed by atoms with E-state index in [1.807, 2.05) is 6.07 Å². The molecule has 2 heteroatoms. The van der Waals surface area contributed by atoms with E-state index in [2.05, 4.69) is 12.2 Å². The molecule has 2 atom stereocenters. The monoisotopic (exact) mass is 193 g/mol. The summed E-state index contributed by atoms with van der Waals surface area (Å²) in [5.74, 6) is 0.614. The minimum Gasteiger partial charge on any atom is -0.310 e. The van der Waals surface area contributed by atoms with Crippen molar-refractivity contribution in [1.29, 1.82) is 0 Å². The van der Waals surface area contributed by atoms with Gasteiger partial charge < -0.3 is 5.32 Å². The SMILES string of the molecule is CC1CCC(c2cccc(F)c2)NC1. The van der Waals surface area contributed by atoms with Gasteiger partial charge in [0.25, 0.3) is 0 Å². The van der Waals surface area contributed by atoms with Crippen molar-refractivity contribution in [3.8, 4) is 0 Å². The third-order valence-corrected chi connectivity index (χ3v) is 2.91. The number of rotatable bonds is 1. The summed E-state index contributed by atoms with van der Waals surface area (Å²) in [6, 6.07) is 7.26. The molecule has 76 valence electrons. The number of halogens is 1. The maximum Gasteiger partial charge on any atom is 0.123 e. The van der Waals surface area contributed by atoms with Gasteiger partial charge in [-0.25, -0.2) is 4.39 Å². The van der Waals surface area contributed by atoms with Crippen LogP contribution in [0.25, 0.3) is 0 Å². The molecule has 2 unspecified atom stereocenters. The first-order valence-corrected chi connectivity index (χ1v) is 5.24. The standard InChI is InChI=1S/C12H16FN/c1-9-5-6-12(14-8-9)10-3-2-4-11(13)7-10/h2-4,7,9,12,14H,5-6,8H2,1H3. The van der Waals surface area contributed by atoms with Crippen LogP contribution < -0.4 is 5.32 Å². The molecule has 1 nitrogen and oxygen atoms in total. The molecule has 0 bridgehead atoms. The fraction of sp³-hybridized carbons (Fsp3) is 0.500. The predicted molar refractivity (Wildman–Crippen MR) is 55.5 cm³/mol. The maximum absolute atomic E-state index is 13.0. The van der Waals surface area contributed by atoms with E-state index in [1.165, 1.54) is 12.5 Å². The number of nitrogens with one attached hydrogen (secondary N) is 1. The minimum absolute atomic E-state index is 0.136. The third-order valence-electron chi connectivity index (χ3n) is 2.91. The van der Waals surface area contributed by atoms with Crippen LogP contribution in [0.15, 0.2) is 24.3 Å². The molecule has 14 heavy (non-hydrogen) atoms. The van der Waals surface area contributed by atoms with E-state index in [0.29, 0.717) is 6.04 Å². The van der Waals surface area contributed by atoms with Gasteiger partial charge in [-0.2, -0.15) is 0 Å². The molecule has 0 spiro atoms. The smallest absolute Gasteiger partial charge is 0.123 e. The average Bonchev–Trinajstić information content (AvgIpc) is 2.19. The van der Waals surface area contributed by atoms with Crippen LogP contribution in [0.3, 0.4) is 0 Å². The Kier molecular flexibility index (Phi) is 2.82. The van der Waals surface area contributed by atoms with Gasteiger partial charge in [0.15, 0.2) is 0 Å². The zero-order valence-electron chi connectivity index (χ0n) is 8.46. The lowest BCUT2D eigenvalue weighted by Crippen LogP contribution is -2.31. The molecular weight excluding hydrogens is 177 g/mol. The molecule has 1 aromatic carbocycles. The first kappa shape index (κ1) is 9.66. The highest BCUT2D eigenvalue weighted by atomic mass is 19.1. The quantitative estimate of drug-likeness (QED) is 0.723. The second-order valence-corrected chi connectivity index (χ2v) is 4.20. The Hall–Kier alpha value is -0.890. The largest absolute Gasteiger partial charge is 0.310 e. The van der Waals surface area contributed by atoms with Crippen LogP contribution >= 0.6 is 0 Å². The molecule has 0 saturated carbocycles. The first-order valence-electron chi connectivity index (χ1n) is 5.24. The summed E-state index contributed by atoms with van der Waals surface area (Å²) in [6.07, 6.45) is 2.35. The molecule has 1 aliphatic rings. The van der Waals surface area contributed by atoms with Crippen LogP contribution in [-0.2, 0) is 0 Å². The van der Waals surface area contributed by atoms with Crippen molar-refractivity contribution in [2.45, 2.75) is 25.8 Å². The third kappa shape index (κ3) is 2.13. The van der Waals surface area contributed by atoms with Gasteiger partial charge >= 0.3 is 0 Å². The second kappa shape index (κ2) is 4.09. The Morgan fingerprint density at radius 3 is 2.86 bits per heavy atom. The molecular formula is C12H16FN. The molecule has 1 N–H and O–H groups in total. The van der Waals surface area contributed by atoms with Gasteiger partial charge in [0.05, 0.1) is 0 Å². The Morgan fingerprint density at radius 1 is 1.36 bits per heavy atom. The van der Waals surface area contributed by atoms with Gasteiger partial charge in [0.1, 0.15) is 5.82 Å². The number of piperidine rings is 1. The van der Waals surface area contributed by atoms with E-state index in [4.69, 9.17) is 0 Å². The van der Waals surface area contributed by atoms with E-state index in [9.17, 15) is 4.39 Å². The lowest BCUT2D eigenvalue weighted by Gasteiger charge is -2.28. The van der Waals surface area contributed by atoms with Crippen molar-refractivity contribution in [3.63, 3.8) is 0 Å². The molecule has 0 amide bonds. The van der Waals surface area contributed by atoms with Gasteiger partial charge in [-0.15, -0.1) is 0 Å². The zero-order chi connectivity index (χ0) is 9.97. The van der Waals surface area contributed by atoms with Crippen LogP contribution in [0.2, 0.25) is 0 Å². The molecule has 2 rings (SSSR count). The highest BCUT2D eigenvalue weighted by Crippen LogP contribution is 2.25. The van der Waals surface area contributed by atoms with Crippen LogP contribution in [0, 0.1) is 11.7 Å². The fourth-order valence-electron chi connectivity index (χ4n) is 2.01. The first-order chi connectivity index (χ1) is 6.75. The molecule has 1 saturated heterocycles. The average molecular weight is 193 g/mol. The molecule has 0 aliphatic carbocycles. The topological polar surface area (TPSA) is 12.0 Å². The lowest BCUT2D eigenvalue weighted by atomic mass is 9.92. The highest BCUT2D eigenvalue weighted by molar-refractivity contribution is 5.20. The summed E-state index contributed by atoms with van der Waals surface area (Å²) in [5, 5.41) is 3.45. The second-order valence-electron chi connectivity index (χ2n) is 4.20. The van der Waals surface area contributed by atoms with Crippen molar-refractivity contribution in [3.05, 3.63) is 35.6 Å². The van der Waals surface area contributed by atoms with Gasteiger partial charge in [-0.1, -0.05) is 19.1 Å². The van der Waals surface area contributed by atoms with Crippen LogP contribution in [0.5, 0.6) is 0 Å². The summed E-state index contributed by atoms with van der Waals surface area (Å²) in [6.45, 7) is 3.29. The number of hydrogen-bond donors (Lipinski definition) is 1. The van der Waals surface area contributed by atoms with Crippen molar-refractivity contribution >= 4 is 0 Å². The van der Waals surface area contributed by atoms with Crippen molar-refractivity contribution in [2.75, 3.05) is 6.54 Å². The van der Waals surface area contributed by atoms with Crippen molar-refractivity contribution in [1.82, 2.24) is 5.32 Å². The van der Waals surface area contributed by atoms with Gasteiger partial charge in [-0.3, -0.25) is 0 Å². The maximum atomic E-state index is 13.0. The molecule has 1 heterocycles. The highest BCUT2D eigenvalue weighted by Gasteiger charge is 2.18. The fourth-order valence-corrected chi connectivity index (χ4v) is 2.01. The van der Waals surface area contributed by atoms with E-state index < -0.39 is 0 Å². The molecule has 0 radical (unpaired) electrons. The summed E-state index contributed by atoms with van der Waals surface area (Å²) in [7, 11) is 0. The van der Waals surface area contributed by atoms with Crippen LogP contribution in [-0.4, -0.2) is 6.54 Å². The summed E-state index contributed by atoms with van der Waals surface area (Å²) >= 11 is 0. The van der Waals surface area contributed by atoms with Gasteiger partial charge in [0.2, 0.25) is 0 Å². The van der Waals surface area contributed by atoms with E-state index >= 15 is 0 Å². The predicted octanol–water partition coefficient (Wildman–Crippen LogP) is 2.89. The summed E-state index contributed by atoms with van der Waals surface area (Å²) in [5.41, 5.74) is 1.08. The molecule has 1 aliphatic heterocycles. The Balaban J connectivity index is 2.08. The molecule has 1 fully saturated rings. The Labute approximate surface area is 84.3 Å². The molecule has 0 aromatic heterocycles. The lowest BCUT2D eigenvalue weighted by molar-refractivity contribution is 0.332.